The highest BCUT2D eigenvalue weighted by molar-refractivity contribution is 5.65. The summed E-state index contributed by atoms with van der Waals surface area (Å²) in [6.07, 6.45) is 4.84. The topological polar surface area (TPSA) is 58.3 Å². The molecule has 25 heavy (non-hydrogen) atoms. The van der Waals surface area contributed by atoms with Crippen LogP contribution in [-0.2, 0) is 13.0 Å². The Bertz CT molecular complexity index is 660. The van der Waals surface area contributed by atoms with Crippen LogP contribution in [-0.4, -0.2) is 36.0 Å². The third-order valence-corrected chi connectivity index (χ3v) is 5.27. The first-order chi connectivity index (χ1) is 11.8. The van der Waals surface area contributed by atoms with Crippen LogP contribution in [0.2, 0.25) is 0 Å². The van der Waals surface area contributed by atoms with E-state index >= 15 is 0 Å². The standard InChI is InChI=1S/C18H27F2N5/c1-4-12-9-14-16(24(3)11-12)22-15(10-21)23-17(14)25-7-5-13(6-8-25)18(2,19)20/h11,13H,4-10,21H2,1-3H3. The minimum Gasteiger partial charge on any atom is -0.356 e. The van der Waals surface area contributed by atoms with Crippen LogP contribution < -0.4 is 15.5 Å². The Balaban J connectivity index is 1.91. The number of fused-ring (bicyclic) bond motifs is 1. The highest BCUT2D eigenvalue weighted by Gasteiger charge is 2.37. The Hall–Kier alpha value is -1.76. The van der Waals surface area contributed by atoms with Crippen molar-refractivity contribution in [2.24, 2.45) is 11.7 Å². The maximum atomic E-state index is 13.6. The molecule has 138 valence electrons. The number of nitrogens with zero attached hydrogens (tertiary/aromatic N) is 4. The number of hydrogen-bond acceptors (Lipinski definition) is 5. The molecule has 3 heterocycles. The van der Waals surface area contributed by atoms with Gasteiger partial charge in [0, 0.05) is 44.2 Å². The van der Waals surface area contributed by atoms with Crippen molar-refractivity contribution < 1.29 is 8.78 Å². The second-order valence-corrected chi connectivity index (χ2v) is 7.12. The number of hydrogen-bond donors (Lipinski definition) is 1. The van der Waals surface area contributed by atoms with Gasteiger partial charge in [0.15, 0.2) is 0 Å². The molecule has 0 radical (unpaired) electrons. The maximum Gasteiger partial charge on any atom is 0.248 e. The largest absolute Gasteiger partial charge is 0.356 e. The van der Waals surface area contributed by atoms with Gasteiger partial charge in [0.05, 0.1) is 6.54 Å². The molecule has 1 aromatic rings. The second kappa shape index (κ2) is 6.86. The molecule has 7 heteroatoms. The quantitative estimate of drug-likeness (QED) is 0.903. The number of piperidine rings is 1. The molecule has 2 N–H and O–H groups in total. The van der Waals surface area contributed by atoms with E-state index < -0.39 is 11.8 Å². The van der Waals surface area contributed by atoms with Gasteiger partial charge in [-0.1, -0.05) is 6.92 Å². The summed E-state index contributed by atoms with van der Waals surface area (Å²) in [5, 5.41) is 0. The third kappa shape index (κ3) is 3.61. The van der Waals surface area contributed by atoms with Gasteiger partial charge in [-0.2, -0.15) is 0 Å². The Kier molecular flexibility index (Phi) is 4.95. The zero-order valence-corrected chi connectivity index (χ0v) is 15.2. The highest BCUT2D eigenvalue weighted by Crippen LogP contribution is 2.38. The fourth-order valence-corrected chi connectivity index (χ4v) is 3.73. The first-order valence-electron chi connectivity index (χ1n) is 8.98. The van der Waals surface area contributed by atoms with Gasteiger partial charge >= 0.3 is 0 Å². The number of allylic oxidation sites excluding steroid dienone is 1. The molecule has 0 aromatic carbocycles. The number of alkyl halides is 2. The van der Waals surface area contributed by atoms with Crippen molar-refractivity contribution in [3.05, 3.63) is 23.2 Å². The van der Waals surface area contributed by atoms with E-state index in [1.807, 2.05) is 11.9 Å². The third-order valence-electron chi connectivity index (χ3n) is 5.27. The summed E-state index contributed by atoms with van der Waals surface area (Å²) < 4.78 is 27.2. The predicted octanol–water partition coefficient (Wildman–Crippen LogP) is 3.09. The zero-order chi connectivity index (χ0) is 18.2. The lowest BCUT2D eigenvalue weighted by molar-refractivity contribution is -0.0482. The fraction of sp³-hybridized carbons (Fsp3) is 0.667. The van der Waals surface area contributed by atoms with Crippen LogP contribution >= 0.6 is 0 Å². The molecule has 2 aliphatic rings. The molecule has 0 bridgehead atoms. The van der Waals surface area contributed by atoms with Gasteiger partial charge in [-0.3, -0.25) is 0 Å². The van der Waals surface area contributed by atoms with E-state index in [0.717, 1.165) is 37.0 Å². The van der Waals surface area contributed by atoms with Crippen LogP contribution in [0.5, 0.6) is 0 Å². The van der Waals surface area contributed by atoms with Gasteiger partial charge < -0.3 is 15.5 Å². The van der Waals surface area contributed by atoms with Gasteiger partial charge in [-0.25, -0.2) is 18.7 Å². The molecule has 0 unspecified atom stereocenters. The average Bonchev–Trinajstić information content (AvgIpc) is 2.60. The summed E-state index contributed by atoms with van der Waals surface area (Å²) in [6.45, 7) is 4.61. The highest BCUT2D eigenvalue weighted by atomic mass is 19.3. The monoisotopic (exact) mass is 351 g/mol. The number of rotatable bonds is 4. The summed E-state index contributed by atoms with van der Waals surface area (Å²) in [6, 6.07) is 0. The van der Waals surface area contributed by atoms with Crippen LogP contribution in [0.25, 0.3) is 0 Å². The minimum atomic E-state index is -2.61. The van der Waals surface area contributed by atoms with E-state index in [-0.39, 0.29) is 6.54 Å². The molecule has 5 nitrogen and oxygen atoms in total. The van der Waals surface area contributed by atoms with Crippen molar-refractivity contribution >= 4 is 11.6 Å². The van der Waals surface area contributed by atoms with E-state index in [1.54, 1.807) is 0 Å². The molecule has 1 saturated heterocycles. The summed E-state index contributed by atoms with van der Waals surface area (Å²) >= 11 is 0. The van der Waals surface area contributed by atoms with Crippen LogP contribution in [0, 0.1) is 5.92 Å². The van der Waals surface area contributed by atoms with Crippen molar-refractivity contribution in [3.63, 3.8) is 0 Å². The molecule has 0 amide bonds. The van der Waals surface area contributed by atoms with Crippen molar-refractivity contribution in [2.75, 3.05) is 29.9 Å². The predicted molar refractivity (Wildman–Crippen MR) is 96.0 cm³/mol. The van der Waals surface area contributed by atoms with Crippen molar-refractivity contribution in [1.29, 1.82) is 0 Å². The van der Waals surface area contributed by atoms with Crippen molar-refractivity contribution in [1.82, 2.24) is 9.97 Å². The zero-order valence-electron chi connectivity index (χ0n) is 15.2. The Morgan fingerprint density at radius 3 is 2.44 bits per heavy atom. The summed E-state index contributed by atoms with van der Waals surface area (Å²) in [5.41, 5.74) is 8.18. The first-order valence-corrected chi connectivity index (χ1v) is 8.98. The average molecular weight is 351 g/mol. The molecule has 0 atom stereocenters. The van der Waals surface area contributed by atoms with Crippen LogP contribution in [0.4, 0.5) is 20.4 Å². The van der Waals surface area contributed by atoms with Gasteiger partial charge in [0.1, 0.15) is 17.5 Å². The summed E-state index contributed by atoms with van der Waals surface area (Å²) in [4.78, 5) is 13.4. The number of anilines is 2. The molecule has 2 aliphatic heterocycles. The molecular formula is C18H27F2N5. The Labute approximate surface area is 147 Å². The normalized spacial score (nSPS) is 19.0. The lowest BCUT2D eigenvalue weighted by Gasteiger charge is -2.37. The summed E-state index contributed by atoms with van der Waals surface area (Å²) in [5.74, 6) is -0.821. The van der Waals surface area contributed by atoms with Gasteiger partial charge in [-0.05, 0) is 31.8 Å². The van der Waals surface area contributed by atoms with Gasteiger partial charge in [0.2, 0.25) is 5.92 Å². The van der Waals surface area contributed by atoms with Crippen molar-refractivity contribution in [3.8, 4) is 0 Å². The summed E-state index contributed by atoms with van der Waals surface area (Å²) in [7, 11) is 1.98. The maximum absolute atomic E-state index is 13.6. The molecule has 1 fully saturated rings. The van der Waals surface area contributed by atoms with Crippen LogP contribution in [0.15, 0.2) is 11.8 Å². The van der Waals surface area contributed by atoms with E-state index in [0.29, 0.717) is 31.8 Å². The first kappa shape index (κ1) is 18.0. The number of aromatic nitrogens is 2. The van der Waals surface area contributed by atoms with Gasteiger partial charge in [-0.15, -0.1) is 0 Å². The Morgan fingerprint density at radius 1 is 1.24 bits per heavy atom. The van der Waals surface area contributed by atoms with E-state index in [4.69, 9.17) is 5.73 Å². The molecule has 0 aliphatic carbocycles. The number of nitrogens with two attached hydrogens (primary N) is 1. The minimum absolute atomic E-state index is 0.266. The lowest BCUT2D eigenvalue weighted by Crippen LogP contribution is -2.40. The Morgan fingerprint density at radius 2 is 1.88 bits per heavy atom. The molecule has 3 rings (SSSR count). The van der Waals surface area contributed by atoms with Crippen LogP contribution in [0.1, 0.15) is 44.5 Å². The molecular weight excluding hydrogens is 324 g/mol. The van der Waals surface area contributed by atoms with E-state index in [2.05, 4.69) is 28.0 Å². The fourth-order valence-electron chi connectivity index (χ4n) is 3.73. The van der Waals surface area contributed by atoms with Gasteiger partial charge in [0.25, 0.3) is 0 Å². The van der Waals surface area contributed by atoms with Crippen LogP contribution in [0.3, 0.4) is 0 Å². The van der Waals surface area contributed by atoms with E-state index in [1.165, 1.54) is 5.57 Å². The second-order valence-electron chi connectivity index (χ2n) is 7.12. The van der Waals surface area contributed by atoms with E-state index in [9.17, 15) is 8.78 Å². The van der Waals surface area contributed by atoms with Crippen molar-refractivity contribution in [2.45, 2.75) is 52.0 Å². The molecule has 0 spiro atoms. The molecule has 0 saturated carbocycles. The number of halogens is 2. The smallest absolute Gasteiger partial charge is 0.248 e. The SMILES string of the molecule is CCC1=CN(C)c2nc(CN)nc(N3CCC(C(C)(F)F)CC3)c2C1. The lowest BCUT2D eigenvalue weighted by atomic mass is 9.91. The molecule has 1 aromatic heterocycles.